The second kappa shape index (κ2) is 10.1. The molecule has 0 atom stereocenters. The Balaban J connectivity index is 1.71. The highest BCUT2D eigenvalue weighted by Gasteiger charge is 2.28. The van der Waals surface area contributed by atoms with Gasteiger partial charge in [0.05, 0.1) is 33.1 Å². The molecule has 1 aromatic carbocycles. The van der Waals surface area contributed by atoms with E-state index in [1.165, 1.54) is 38.9 Å². The van der Waals surface area contributed by atoms with Crippen LogP contribution < -0.4 is 20.2 Å². The van der Waals surface area contributed by atoms with Gasteiger partial charge in [-0.05, 0) is 43.4 Å². The zero-order chi connectivity index (χ0) is 22.4. The molecule has 31 heavy (non-hydrogen) atoms. The third-order valence-corrected chi connectivity index (χ3v) is 6.00. The molecule has 2 aromatic rings. The maximum Gasteiger partial charge on any atom is 0.341 e. The molecule has 164 valence electrons. The number of nitrogens with zero attached hydrogens (tertiary/aromatic N) is 1. The van der Waals surface area contributed by atoms with Gasteiger partial charge in [0, 0.05) is 10.4 Å². The van der Waals surface area contributed by atoms with Crippen LogP contribution >= 0.6 is 11.3 Å². The maximum absolute atomic E-state index is 12.4. The third kappa shape index (κ3) is 4.85. The van der Waals surface area contributed by atoms with Crippen molar-refractivity contribution >= 4 is 40.3 Å². The number of aryl methyl sites for hydroxylation is 1. The number of esters is 1. The van der Waals surface area contributed by atoms with E-state index < -0.39 is 17.8 Å². The summed E-state index contributed by atoms with van der Waals surface area (Å²) in [5, 5.41) is 6.66. The number of hydrogen-bond donors (Lipinski definition) is 2. The lowest BCUT2D eigenvalue weighted by Gasteiger charge is -2.11. The summed E-state index contributed by atoms with van der Waals surface area (Å²) in [4.78, 5) is 37.9. The number of hydrogen-bond acceptors (Lipinski definition) is 8. The van der Waals surface area contributed by atoms with Crippen molar-refractivity contribution in [1.82, 2.24) is 5.43 Å². The highest BCUT2D eigenvalue weighted by atomic mass is 32.1. The third-order valence-electron chi connectivity index (χ3n) is 4.80. The van der Waals surface area contributed by atoms with Gasteiger partial charge in [-0.2, -0.15) is 5.10 Å². The largest absolute Gasteiger partial charge is 0.493 e. The van der Waals surface area contributed by atoms with E-state index in [4.69, 9.17) is 14.2 Å². The SMILES string of the molecule is COC(=O)c1c(NC(=O)C(=O)N/N=C/c2cccc(OC)c2OC)sc2c1CCCC2. The fourth-order valence-electron chi connectivity index (χ4n) is 3.36. The Hall–Kier alpha value is -3.40. The van der Waals surface area contributed by atoms with Crippen LogP contribution in [0.15, 0.2) is 23.3 Å². The van der Waals surface area contributed by atoms with Gasteiger partial charge >= 0.3 is 17.8 Å². The highest BCUT2D eigenvalue weighted by Crippen LogP contribution is 2.38. The lowest BCUT2D eigenvalue weighted by molar-refractivity contribution is -0.136. The van der Waals surface area contributed by atoms with Gasteiger partial charge in [0.15, 0.2) is 11.5 Å². The molecular weight excluding hydrogens is 422 g/mol. The molecule has 9 nitrogen and oxygen atoms in total. The molecule has 0 radical (unpaired) electrons. The molecule has 1 aliphatic rings. The topological polar surface area (TPSA) is 115 Å². The van der Waals surface area contributed by atoms with E-state index in [-0.39, 0.29) is 0 Å². The number of fused-ring (bicyclic) bond motifs is 1. The molecule has 1 aromatic heterocycles. The molecule has 2 N–H and O–H groups in total. The number of hydrazone groups is 1. The summed E-state index contributed by atoms with van der Waals surface area (Å²) in [5.41, 5.74) is 3.95. The standard InChI is InChI=1S/C21H23N3O6S/c1-28-14-9-6-7-12(17(14)29-2)11-22-24-19(26)18(25)23-20-16(21(27)30-3)13-8-4-5-10-15(13)31-20/h6-7,9,11H,4-5,8,10H2,1-3H3,(H,23,25)(H,24,26)/b22-11+. The maximum atomic E-state index is 12.4. The number of rotatable bonds is 6. The molecular formula is C21H23N3O6S. The van der Waals surface area contributed by atoms with Gasteiger partial charge in [-0.15, -0.1) is 11.3 Å². The summed E-state index contributed by atoms with van der Waals surface area (Å²) in [6.45, 7) is 0. The van der Waals surface area contributed by atoms with Crippen molar-refractivity contribution in [2.24, 2.45) is 5.10 Å². The second-order valence-electron chi connectivity index (χ2n) is 6.64. The van der Waals surface area contributed by atoms with Crippen LogP contribution in [0.2, 0.25) is 0 Å². The van der Waals surface area contributed by atoms with Crippen molar-refractivity contribution in [2.45, 2.75) is 25.7 Å². The number of benzene rings is 1. The first-order valence-corrected chi connectivity index (χ1v) is 10.4. The lowest BCUT2D eigenvalue weighted by Crippen LogP contribution is -2.32. The van der Waals surface area contributed by atoms with Gasteiger partial charge < -0.3 is 19.5 Å². The minimum absolute atomic E-state index is 0.317. The van der Waals surface area contributed by atoms with E-state index in [0.29, 0.717) is 27.6 Å². The number of methoxy groups -OCH3 is 3. The molecule has 1 heterocycles. The summed E-state index contributed by atoms with van der Waals surface area (Å²) >= 11 is 1.30. The number of thiophene rings is 1. The minimum atomic E-state index is -0.972. The first-order valence-electron chi connectivity index (χ1n) is 9.58. The zero-order valence-electron chi connectivity index (χ0n) is 17.4. The van der Waals surface area contributed by atoms with Crippen LogP contribution in [0.4, 0.5) is 5.00 Å². The number of para-hydroxylation sites is 1. The number of ether oxygens (including phenoxy) is 3. The van der Waals surface area contributed by atoms with Gasteiger partial charge in [-0.3, -0.25) is 9.59 Å². The van der Waals surface area contributed by atoms with Gasteiger partial charge in [-0.1, -0.05) is 6.07 Å². The van der Waals surface area contributed by atoms with Crippen molar-refractivity contribution in [2.75, 3.05) is 26.6 Å². The Morgan fingerprint density at radius 1 is 1.06 bits per heavy atom. The molecule has 2 amide bonds. The molecule has 3 rings (SSSR count). The van der Waals surface area contributed by atoms with Crippen LogP contribution in [0, 0.1) is 0 Å². The van der Waals surface area contributed by atoms with Crippen LogP contribution in [-0.4, -0.2) is 45.3 Å². The molecule has 10 heteroatoms. The van der Waals surface area contributed by atoms with E-state index >= 15 is 0 Å². The molecule has 0 saturated heterocycles. The Morgan fingerprint density at radius 2 is 1.84 bits per heavy atom. The molecule has 1 aliphatic carbocycles. The van der Waals surface area contributed by atoms with Crippen molar-refractivity contribution in [3.63, 3.8) is 0 Å². The minimum Gasteiger partial charge on any atom is -0.493 e. The number of anilines is 1. The molecule has 0 aliphatic heterocycles. The Kier molecular flexibility index (Phi) is 7.24. The van der Waals surface area contributed by atoms with E-state index in [2.05, 4.69) is 15.8 Å². The van der Waals surface area contributed by atoms with Crippen LogP contribution in [-0.2, 0) is 27.2 Å². The van der Waals surface area contributed by atoms with Crippen molar-refractivity contribution in [1.29, 1.82) is 0 Å². The zero-order valence-corrected chi connectivity index (χ0v) is 18.3. The van der Waals surface area contributed by atoms with E-state index in [9.17, 15) is 14.4 Å². The summed E-state index contributed by atoms with van der Waals surface area (Å²) in [5.74, 6) is -1.48. The normalized spacial score (nSPS) is 12.7. The van der Waals surface area contributed by atoms with Crippen LogP contribution in [0.25, 0.3) is 0 Å². The fraction of sp³-hybridized carbons (Fsp3) is 0.333. The Labute approximate surface area is 183 Å². The van der Waals surface area contributed by atoms with Gasteiger partial charge in [-0.25, -0.2) is 10.2 Å². The van der Waals surface area contributed by atoms with E-state index in [0.717, 1.165) is 36.1 Å². The van der Waals surface area contributed by atoms with Crippen molar-refractivity contribution < 1.29 is 28.6 Å². The predicted octanol–water partition coefficient (Wildman–Crippen LogP) is 2.52. The number of carbonyl (C=O) groups excluding carboxylic acids is 3. The smallest absolute Gasteiger partial charge is 0.341 e. The van der Waals surface area contributed by atoms with Crippen molar-refractivity contribution in [3.05, 3.63) is 39.8 Å². The average Bonchev–Trinajstić information content (AvgIpc) is 3.15. The van der Waals surface area contributed by atoms with Gasteiger partial charge in [0.2, 0.25) is 0 Å². The van der Waals surface area contributed by atoms with Crippen LogP contribution in [0.5, 0.6) is 11.5 Å². The first-order chi connectivity index (χ1) is 15.0. The number of nitrogens with one attached hydrogen (secondary N) is 2. The summed E-state index contributed by atoms with van der Waals surface area (Å²) < 4.78 is 15.4. The molecule has 0 fully saturated rings. The molecule has 0 bridgehead atoms. The summed E-state index contributed by atoms with van der Waals surface area (Å²) in [6.07, 6.45) is 4.90. The quantitative estimate of drug-likeness (QED) is 0.306. The van der Waals surface area contributed by atoms with Crippen LogP contribution in [0.1, 0.15) is 39.2 Å². The first kappa shape index (κ1) is 22.3. The predicted molar refractivity (Wildman–Crippen MR) is 116 cm³/mol. The van der Waals surface area contributed by atoms with Crippen molar-refractivity contribution in [3.8, 4) is 11.5 Å². The molecule has 0 saturated carbocycles. The Morgan fingerprint density at radius 3 is 2.55 bits per heavy atom. The molecule has 0 spiro atoms. The van der Waals surface area contributed by atoms with Crippen LogP contribution in [0.3, 0.4) is 0 Å². The van der Waals surface area contributed by atoms with E-state index in [1.807, 2.05) is 0 Å². The van der Waals surface area contributed by atoms with E-state index in [1.54, 1.807) is 18.2 Å². The monoisotopic (exact) mass is 445 g/mol. The average molecular weight is 445 g/mol. The lowest BCUT2D eigenvalue weighted by atomic mass is 9.95. The molecule has 0 unspecified atom stereocenters. The summed E-state index contributed by atoms with van der Waals surface area (Å²) in [6, 6.07) is 5.18. The van der Waals surface area contributed by atoms with Gasteiger partial charge in [0.1, 0.15) is 5.00 Å². The number of carbonyl (C=O) groups is 3. The number of amides is 2. The second-order valence-corrected chi connectivity index (χ2v) is 7.75. The van der Waals surface area contributed by atoms with Gasteiger partial charge in [0.25, 0.3) is 0 Å². The Bertz CT molecular complexity index is 1030. The fourth-order valence-corrected chi connectivity index (χ4v) is 4.63. The highest BCUT2D eigenvalue weighted by molar-refractivity contribution is 7.17. The summed E-state index contributed by atoms with van der Waals surface area (Å²) in [7, 11) is 4.28.